The molecule has 0 amide bonds. The summed E-state index contributed by atoms with van der Waals surface area (Å²) in [6.45, 7) is 6.68. The molecule has 1 N–H and O–H groups in total. The van der Waals surface area contributed by atoms with Gasteiger partial charge in [0, 0.05) is 24.2 Å². The number of nitrogens with zero attached hydrogens (tertiary/aromatic N) is 1. The first kappa shape index (κ1) is 12.9. The molecule has 0 radical (unpaired) electrons. The van der Waals surface area contributed by atoms with Crippen LogP contribution in [-0.2, 0) is 6.54 Å². The Bertz CT molecular complexity index is 331. The van der Waals surface area contributed by atoms with Crippen LogP contribution >= 0.6 is 11.6 Å². The van der Waals surface area contributed by atoms with E-state index in [2.05, 4.69) is 29.3 Å². The Balaban J connectivity index is 1.87. The fourth-order valence-electron chi connectivity index (χ4n) is 2.38. The fraction of sp³-hybridized carbons (Fsp3) is 0.571. The first-order valence-corrected chi connectivity index (χ1v) is 6.86. The first-order valence-electron chi connectivity index (χ1n) is 6.48. The Morgan fingerprint density at radius 2 is 2.12 bits per heavy atom. The maximum Gasteiger partial charge on any atom is 0.0406 e. The number of likely N-dealkylation sites (N-methyl/N-ethyl adjacent to an activating group) is 1. The Morgan fingerprint density at radius 1 is 1.35 bits per heavy atom. The van der Waals surface area contributed by atoms with Crippen molar-refractivity contribution in [3.8, 4) is 0 Å². The smallest absolute Gasteiger partial charge is 0.0406 e. The van der Waals surface area contributed by atoms with Gasteiger partial charge in [-0.25, -0.2) is 0 Å². The van der Waals surface area contributed by atoms with Gasteiger partial charge >= 0.3 is 0 Å². The predicted molar refractivity (Wildman–Crippen MR) is 73.4 cm³/mol. The van der Waals surface area contributed by atoms with E-state index in [1.807, 2.05) is 12.1 Å². The van der Waals surface area contributed by atoms with Crippen LogP contribution in [0.1, 0.15) is 25.3 Å². The summed E-state index contributed by atoms with van der Waals surface area (Å²) in [5.74, 6) is 0. The molecular formula is C14H21ClN2. The van der Waals surface area contributed by atoms with Crippen LogP contribution in [0.5, 0.6) is 0 Å². The molecule has 0 saturated carbocycles. The molecule has 1 aliphatic rings. The molecule has 1 saturated heterocycles. The van der Waals surface area contributed by atoms with Crippen LogP contribution < -0.4 is 5.32 Å². The minimum absolute atomic E-state index is 0.683. The number of benzene rings is 1. The van der Waals surface area contributed by atoms with Gasteiger partial charge in [-0.1, -0.05) is 30.7 Å². The maximum absolute atomic E-state index is 5.90. The van der Waals surface area contributed by atoms with Gasteiger partial charge in [0.25, 0.3) is 0 Å². The van der Waals surface area contributed by atoms with Crippen LogP contribution in [0.25, 0.3) is 0 Å². The van der Waals surface area contributed by atoms with Crippen LogP contribution in [0.4, 0.5) is 0 Å². The largest absolute Gasteiger partial charge is 0.313 e. The number of hydrogen-bond acceptors (Lipinski definition) is 2. The van der Waals surface area contributed by atoms with Gasteiger partial charge in [-0.15, -0.1) is 0 Å². The van der Waals surface area contributed by atoms with E-state index in [-0.39, 0.29) is 0 Å². The summed E-state index contributed by atoms with van der Waals surface area (Å²) in [5.41, 5.74) is 1.34. The summed E-state index contributed by atoms with van der Waals surface area (Å²) >= 11 is 5.90. The molecule has 0 aliphatic carbocycles. The van der Waals surface area contributed by atoms with Crippen molar-refractivity contribution in [3.63, 3.8) is 0 Å². The summed E-state index contributed by atoms with van der Waals surface area (Å²) in [6.07, 6.45) is 2.64. The van der Waals surface area contributed by atoms with Crippen molar-refractivity contribution in [1.82, 2.24) is 10.2 Å². The van der Waals surface area contributed by atoms with Gasteiger partial charge in [0.1, 0.15) is 0 Å². The molecular weight excluding hydrogens is 232 g/mol. The minimum atomic E-state index is 0.683. The third-order valence-corrected chi connectivity index (χ3v) is 3.66. The second-order valence-electron chi connectivity index (χ2n) is 4.75. The second kappa shape index (κ2) is 6.39. The van der Waals surface area contributed by atoms with E-state index in [4.69, 9.17) is 11.6 Å². The maximum atomic E-state index is 5.90. The molecule has 1 aliphatic heterocycles. The van der Waals surface area contributed by atoms with Gasteiger partial charge in [0.15, 0.2) is 0 Å². The molecule has 0 bridgehead atoms. The van der Waals surface area contributed by atoms with E-state index in [1.165, 1.54) is 24.9 Å². The lowest BCUT2D eigenvalue weighted by atomic mass is 10.1. The van der Waals surface area contributed by atoms with E-state index in [0.717, 1.165) is 24.7 Å². The van der Waals surface area contributed by atoms with Crippen molar-refractivity contribution >= 4 is 11.6 Å². The summed E-state index contributed by atoms with van der Waals surface area (Å²) in [7, 11) is 0. The van der Waals surface area contributed by atoms with Crippen LogP contribution in [0.2, 0.25) is 5.02 Å². The quantitative estimate of drug-likeness (QED) is 0.867. The van der Waals surface area contributed by atoms with Crippen LogP contribution in [-0.4, -0.2) is 30.6 Å². The van der Waals surface area contributed by atoms with Crippen LogP contribution in [0.15, 0.2) is 24.3 Å². The van der Waals surface area contributed by atoms with E-state index >= 15 is 0 Å². The Morgan fingerprint density at radius 3 is 2.71 bits per heavy atom. The van der Waals surface area contributed by atoms with Gasteiger partial charge in [-0.05, 0) is 43.6 Å². The number of rotatable bonds is 5. The van der Waals surface area contributed by atoms with Crippen LogP contribution in [0, 0.1) is 0 Å². The zero-order chi connectivity index (χ0) is 12.1. The average molecular weight is 253 g/mol. The Hall–Kier alpha value is -0.570. The SMILES string of the molecule is CCN(Cc1ccc(Cl)cc1)CC1CCCN1. The minimum Gasteiger partial charge on any atom is -0.313 e. The monoisotopic (exact) mass is 252 g/mol. The molecule has 1 aromatic rings. The lowest BCUT2D eigenvalue weighted by Crippen LogP contribution is -2.37. The fourth-order valence-corrected chi connectivity index (χ4v) is 2.50. The molecule has 2 nitrogen and oxygen atoms in total. The summed E-state index contributed by atoms with van der Waals surface area (Å²) in [4.78, 5) is 2.49. The van der Waals surface area contributed by atoms with E-state index in [0.29, 0.717) is 6.04 Å². The molecule has 3 heteroatoms. The van der Waals surface area contributed by atoms with Crippen molar-refractivity contribution in [2.45, 2.75) is 32.4 Å². The normalized spacial score (nSPS) is 20.1. The standard InChI is InChI=1S/C14H21ClN2/c1-2-17(11-14-4-3-9-16-14)10-12-5-7-13(15)8-6-12/h5-8,14,16H,2-4,9-11H2,1H3. The van der Waals surface area contributed by atoms with Crippen molar-refractivity contribution in [2.75, 3.05) is 19.6 Å². The lowest BCUT2D eigenvalue weighted by molar-refractivity contribution is 0.253. The van der Waals surface area contributed by atoms with Crippen molar-refractivity contribution in [3.05, 3.63) is 34.9 Å². The molecule has 1 atom stereocenters. The van der Waals surface area contributed by atoms with Crippen molar-refractivity contribution < 1.29 is 0 Å². The van der Waals surface area contributed by atoms with Crippen molar-refractivity contribution in [2.24, 2.45) is 0 Å². The summed E-state index contributed by atoms with van der Waals surface area (Å²) in [6, 6.07) is 8.86. The highest BCUT2D eigenvalue weighted by Crippen LogP contribution is 2.13. The van der Waals surface area contributed by atoms with E-state index in [9.17, 15) is 0 Å². The molecule has 1 heterocycles. The van der Waals surface area contributed by atoms with Gasteiger partial charge in [-0.3, -0.25) is 4.90 Å². The highest BCUT2D eigenvalue weighted by atomic mass is 35.5. The van der Waals surface area contributed by atoms with Crippen molar-refractivity contribution in [1.29, 1.82) is 0 Å². The lowest BCUT2D eigenvalue weighted by Gasteiger charge is -2.24. The van der Waals surface area contributed by atoms with E-state index in [1.54, 1.807) is 0 Å². The summed E-state index contributed by atoms with van der Waals surface area (Å²) < 4.78 is 0. The van der Waals surface area contributed by atoms with E-state index < -0.39 is 0 Å². The third kappa shape index (κ3) is 3.98. The zero-order valence-corrected chi connectivity index (χ0v) is 11.2. The predicted octanol–water partition coefficient (Wildman–Crippen LogP) is 2.91. The molecule has 94 valence electrons. The summed E-state index contributed by atoms with van der Waals surface area (Å²) in [5, 5.41) is 4.37. The molecule has 0 spiro atoms. The second-order valence-corrected chi connectivity index (χ2v) is 5.18. The van der Waals surface area contributed by atoms with Gasteiger partial charge in [-0.2, -0.15) is 0 Å². The highest BCUT2D eigenvalue weighted by Gasteiger charge is 2.16. The molecule has 2 rings (SSSR count). The average Bonchev–Trinajstić information content (AvgIpc) is 2.84. The van der Waals surface area contributed by atoms with Gasteiger partial charge in [0.05, 0.1) is 0 Å². The topological polar surface area (TPSA) is 15.3 Å². The molecule has 1 unspecified atom stereocenters. The zero-order valence-electron chi connectivity index (χ0n) is 10.5. The first-order chi connectivity index (χ1) is 8.28. The third-order valence-electron chi connectivity index (χ3n) is 3.41. The molecule has 1 aromatic carbocycles. The number of nitrogens with one attached hydrogen (secondary N) is 1. The molecule has 0 aromatic heterocycles. The van der Waals surface area contributed by atoms with Gasteiger partial charge in [0.2, 0.25) is 0 Å². The van der Waals surface area contributed by atoms with Crippen LogP contribution in [0.3, 0.4) is 0 Å². The number of halogens is 1. The molecule has 1 fully saturated rings. The van der Waals surface area contributed by atoms with Gasteiger partial charge < -0.3 is 5.32 Å². The number of hydrogen-bond donors (Lipinski definition) is 1. The molecule has 17 heavy (non-hydrogen) atoms. The Kier molecular flexibility index (Phi) is 4.84. The highest BCUT2D eigenvalue weighted by molar-refractivity contribution is 6.30. The Labute approximate surface area is 109 Å².